The molecule has 0 aromatic heterocycles. The van der Waals surface area contributed by atoms with Crippen LogP contribution in [0.25, 0.3) is 0 Å². The first-order valence-corrected chi connectivity index (χ1v) is 6.14. The summed E-state index contributed by atoms with van der Waals surface area (Å²) < 4.78 is 0. The van der Waals surface area contributed by atoms with E-state index in [2.05, 4.69) is 10.6 Å². The second-order valence-corrected chi connectivity index (χ2v) is 5.06. The number of carbonyl (C=O) groups excluding carboxylic acids is 1. The highest BCUT2D eigenvalue weighted by Crippen LogP contribution is 2.25. The van der Waals surface area contributed by atoms with Gasteiger partial charge in [0.2, 0.25) is 5.91 Å². The molecule has 0 aliphatic carbocycles. The zero-order valence-corrected chi connectivity index (χ0v) is 11.7. The van der Waals surface area contributed by atoms with Crippen LogP contribution in [0.2, 0.25) is 0 Å². The van der Waals surface area contributed by atoms with Crippen LogP contribution in [0.5, 0.6) is 5.75 Å². The molecule has 0 saturated carbocycles. The number of carbonyl (C=O) groups is 1. The number of hydrogen-bond donors (Lipinski definition) is 3. The Labute approximate surface area is 108 Å². The van der Waals surface area contributed by atoms with Crippen molar-refractivity contribution in [3.05, 3.63) is 23.3 Å². The molecule has 3 N–H and O–H groups in total. The van der Waals surface area contributed by atoms with Gasteiger partial charge in [-0.15, -0.1) is 0 Å². The Hall–Kier alpha value is -1.55. The third kappa shape index (κ3) is 3.23. The van der Waals surface area contributed by atoms with Crippen molar-refractivity contribution < 1.29 is 9.90 Å². The molecule has 0 aliphatic heterocycles. The molecule has 4 heteroatoms. The number of anilines is 1. The summed E-state index contributed by atoms with van der Waals surface area (Å²) in [6.07, 6.45) is 0. The first-order valence-electron chi connectivity index (χ1n) is 6.14. The molecule has 18 heavy (non-hydrogen) atoms. The monoisotopic (exact) mass is 250 g/mol. The number of amides is 1. The van der Waals surface area contributed by atoms with E-state index in [0.717, 1.165) is 23.4 Å². The zero-order chi connectivity index (χ0) is 13.9. The second kappa shape index (κ2) is 5.40. The number of phenols is 1. The molecule has 0 radical (unpaired) electrons. The van der Waals surface area contributed by atoms with Gasteiger partial charge in [0, 0.05) is 5.69 Å². The topological polar surface area (TPSA) is 61.4 Å². The summed E-state index contributed by atoms with van der Waals surface area (Å²) in [6, 6.07) is 3.44. The molecule has 0 atom stereocenters. The molecule has 0 aliphatic rings. The summed E-state index contributed by atoms with van der Waals surface area (Å²) in [5, 5.41) is 15.6. The Kier molecular flexibility index (Phi) is 4.35. The molecule has 0 fully saturated rings. The first-order chi connectivity index (χ1) is 8.27. The second-order valence-electron chi connectivity index (χ2n) is 5.06. The standard InChI is InChI=1S/C14H22N2O2/c1-6-15-14(4,5)13(18)16-11-7-10(3)12(17)8-9(11)2/h7-8,15,17H,6H2,1-5H3,(H,16,18). The molecule has 4 nitrogen and oxygen atoms in total. The lowest BCUT2D eigenvalue weighted by Gasteiger charge is -2.25. The summed E-state index contributed by atoms with van der Waals surface area (Å²) in [5.74, 6) is 0.161. The van der Waals surface area contributed by atoms with Crippen LogP contribution < -0.4 is 10.6 Å². The van der Waals surface area contributed by atoms with Gasteiger partial charge in [0.25, 0.3) is 0 Å². The lowest BCUT2D eigenvalue weighted by molar-refractivity contribution is -0.121. The Morgan fingerprint density at radius 2 is 1.89 bits per heavy atom. The van der Waals surface area contributed by atoms with Crippen molar-refractivity contribution in [3.63, 3.8) is 0 Å². The molecular weight excluding hydrogens is 228 g/mol. The number of benzene rings is 1. The SMILES string of the molecule is CCNC(C)(C)C(=O)Nc1cc(C)c(O)cc1C. The van der Waals surface area contributed by atoms with E-state index in [-0.39, 0.29) is 11.7 Å². The van der Waals surface area contributed by atoms with Crippen molar-refractivity contribution in [2.75, 3.05) is 11.9 Å². The molecule has 0 heterocycles. The van der Waals surface area contributed by atoms with Gasteiger partial charge in [-0.05, 0) is 57.5 Å². The predicted octanol–water partition coefficient (Wildman–Crippen LogP) is 2.34. The van der Waals surface area contributed by atoms with Gasteiger partial charge in [-0.2, -0.15) is 0 Å². The van der Waals surface area contributed by atoms with Crippen molar-refractivity contribution in [1.82, 2.24) is 5.32 Å². The van der Waals surface area contributed by atoms with Crippen LogP contribution in [-0.4, -0.2) is 23.1 Å². The van der Waals surface area contributed by atoms with Crippen molar-refractivity contribution in [2.45, 2.75) is 40.2 Å². The molecule has 0 saturated heterocycles. The molecule has 100 valence electrons. The highest BCUT2D eigenvalue weighted by molar-refractivity contribution is 5.98. The Balaban J connectivity index is 2.92. The third-order valence-electron chi connectivity index (χ3n) is 2.98. The average Bonchev–Trinajstić information content (AvgIpc) is 2.25. The minimum atomic E-state index is -0.618. The normalized spacial score (nSPS) is 11.4. The highest BCUT2D eigenvalue weighted by Gasteiger charge is 2.26. The molecule has 1 aromatic rings. The van der Waals surface area contributed by atoms with E-state index in [1.165, 1.54) is 0 Å². The number of rotatable bonds is 4. The summed E-state index contributed by atoms with van der Waals surface area (Å²) in [4.78, 5) is 12.1. The van der Waals surface area contributed by atoms with Crippen molar-refractivity contribution in [2.24, 2.45) is 0 Å². The van der Waals surface area contributed by atoms with Crippen molar-refractivity contribution >= 4 is 11.6 Å². The number of phenolic OH excluding ortho intramolecular Hbond substituents is 1. The van der Waals surface area contributed by atoms with E-state index in [0.29, 0.717) is 0 Å². The Morgan fingerprint density at radius 3 is 2.44 bits per heavy atom. The summed E-state index contributed by atoms with van der Waals surface area (Å²) in [6.45, 7) is 10.0. The Morgan fingerprint density at radius 1 is 1.28 bits per heavy atom. The Bertz CT molecular complexity index is 453. The molecule has 1 aromatic carbocycles. The summed E-state index contributed by atoms with van der Waals surface area (Å²) >= 11 is 0. The third-order valence-corrected chi connectivity index (χ3v) is 2.98. The molecule has 0 spiro atoms. The zero-order valence-electron chi connectivity index (χ0n) is 11.7. The fourth-order valence-corrected chi connectivity index (χ4v) is 1.74. The van der Waals surface area contributed by atoms with Crippen LogP contribution in [0.15, 0.2) is 12.1 Å². The van der Waals surface area contributed by atoms with Gasteiger partial charge in [-0.25, -0.2) is 0 Å². The lowest BCUT2D eigenvalue weighted by Crippen LogP contribution is -2.49. The van der Waals surface area contributed by atoms with E-state index in [1.54, 1.807) is 19.1 Å². The van der Waals surface area contributed by atoms with E-state index < -0.39 is 5.54 Å². The summed E-state index contributed by atoms with van der Waals surface area (Å²) in [5.41, 5.74) is 1.71. The van der Waals surface area contributed by atoms with E-state index in [1.807, 2.05) is 27.7 Å². The minimum absolute atomic E-state index is 0.0856. The van der Waals surface area contributed by atoms with Crippen LogP contribution in [0.4, 0.5) is 5.69 Å². The van der Waals surface area contributed by atoms with Gasteiger partial charge in [-0.1, -0.05) is 6.92 Å². The van der Waals surface area contributed by atoms with E-state index in [9.17, 15) is 9.90 Å². The van der Waals surface area contributed by atoms with Gasteiger partial charge in [0.15, 0.2) is 0 Å². The lowest BCUT2D eigenvalue weighted by atomic mass is 10.0. The largest absolute Gasteiger partial charge is 0.508 e. The van der Waals surface area contributed by atoms with Crippen LogP contribution >= 0.6 is 0 Å². The number of hydrogen-bond acceptors (Lipinski definition) is 3. The maximum absolute atomic E-state index is 12.1. The maximum Gasteiger partial charge on any atom is 0.244 e. The number of likely N-dealkylation sites (N-methyl/N-ethyl adjacent to an activating group) is 1. The van der Waals surface area contributed by atoms with Crippen molar-refractivity contribution in [3.8, 4) is 5.75 Å². The molecular formula is C14H22N2O2. The highest BCUT2D eigenvalue weighted by atomic mass is 16.3. The number of nitrogens with one attached hydrogen (secondary N) is 2. The molecule has 0 unspecified atom stereocenters. The maximum atomic E-state index is 12.1. The van der Waals surface area contributed by atoms with Crippen LogP contribution in [0.1, 0.15) is 31.9 Å². The quantitative estimate of drug-likeness (QED) is 0.719. The van der Waals surface area contributed by atoms with E-state index in [4.69, 9.17) is 0 Å². The van der Waals surface area contributed by atoms with Gasteiger partial charge < -0.3 is 15.7 Å². The first kappa shape index (κ1) is 14.5. The number of aryl methyl sites for hydroxylation is 2. The van der Waals surface area contributed by atoms with Crippen LogP contribution in [0.3, 0.4) is 0 Å². The number of aromatic hydroxyl groups is 1. The smallest absolute Gasteiger partial charge is 0.244 e. The van der Waals surface area contributed by atoms with Gasteiger partial charge in [0.05, 0.1) is 5.54 Å². The average molecular weight is 250 g/mol. The van der Waals surface area contributed by atoms with E-state index >= 15 is 0 Å². The minimum Gasteiger partial charge on any atom is -0.508 e. The molecule has 1 amide bonds. The van der Waals surface area contributed by atoms with Crippen LogP contribution in [-0.2, 0) is 4.79 Å². The van der Waals surface area contributed by atoms with Gasteiger partial charge in [0.1, 0.15) is 5.75 Å². The van der Waals surface area contributed by atoms with Crippen LogP contribution in [0, 0.1) is 13.8 Å². The fourth-order valence-electron chi connectivity index (χ4n) is 1.74. The fraction of sp³-hybridized carbons (Fsp3) is 0.500. The summed E-state index contributed by atoms with van der Waals surface area (Å²) in [7, 11) is 0. The van der Waals surface area contributed by atoms with Gasteiger partial charge in [-0.3, -0.25) is 4.79 Å². The molecule has 1 rings (SSSR count). The van der Waals surface area contributed by atoms with Crippen molar-refractivity contribution in [1.29, 1.82) is 0 Å². The predicted molar refractivity (Wildman–Crippen MR) is 74.0 cm³/mol. The molecule has 0 bridgehead atoms. The van der Waals surface area contributed by atoms with Gasteiger partial charge >= 0.3 is 0 Å².